The molecule has 3 atom stereocenters. The van der Waals surface area contributed by atoms with Gasteiger partial charge in [0.1, 0.15) is 11.7 Å². The van der Waals surface area contributed by atoms with Crippen molar-refractivity contribution in [2.75, 3.05) is 46.2 Å². The predicted octanol–water partition coefficient (Wildman–Crippen LogP) is 2.18. The van der Waals surface area contributed by atoms with Gasteiger partial charge in [-0.05, 0) is 34.6 Å². The summed E-state index contributed by atoms with van der Waals surface area (Å²) in [5, 5.41) is 11.1. The Morgan fingerprint density at radius 2 is 1.64 bits per heavy atom. The van der Waals surface area contributed by atoms with Crippen LogP contribution in [-0.2, 0) is 41.8 Å². The Morgan fingerprint density at radius 1 is 1.07 bits per heavy atom. The number of phosphoric acid groups is 1. The first-order chi connectivity index (χ1) is 20.7. The molecule has 2 heterocycles. The van der Waals surface area contributed by atoms with Gasteiger partial charge in [0.2, 0.25) is 31.7 Å². The molecule has 0 aliphatic carbocycles. The molecule has 1 unspecified atom stereocenters. The number of nitrogens with zero attached hydrogens (tertiary/aromatic N) is 4. The molecule has 0 aliphatic heterocycles. The Bertz CT molecular complexity index is 1250. The van der Waals surface area contributed by atoms with Gasteiger partial charge in [0.15, 0.2) is 11.2 Å². The minimum Gasteiger partial charge on any atom is -0.476 e. The lowest BCUT2D eigenvalue weighted by molar-refractivity contribution is -0.158. The number of fused-ring (bicyclic) bond motifs is 1. The summed E-state index contributed by atoms with van der Waals surface area (Å²) in [5.74, 6) is -0.261. The molecule has 21 heteroatoms. The van der Waals surface area contributed by atoms with Gasteiger partial charge in [0, 0.05) is 13.7 Å². The maximum absolute atomic E-state index is 15.9. The fourth-order valence-corrected chi connectivity index (χ4v) is 4.25. The topological polar surface area (TPSA) is 250 Å². The van der Waals surface area contributed by atoms with Gasteiger partial charge in [-0.2, -0.15) is 9.97 Å². The van der Waals surface area contributed by atoms with Crippen molar-refractivity contribution in [3.05, 3.63) is 6.33 Å². The largest absolute Gasteiger partial charge is 0.510 e. The van der Waals surface area contributed by atoms with E-state index in [2.05, 4.69) is 24.4 Å². The molecule has 19 nitrogen and oxygen atoms in total. The second kappa shape index (κ2) is 16.6. The van der Waals surface area contributed by atoms with Crippen LogP contribution in [0.2, 0.25) is 0 Å². The molecule has 0 radical (unpaired) electrons. The van der Waals surface area contributed by atoms with E-state index in [1.165, 1.54) is 0 Å². The maximum Gasteiger partial charge on any atom is 0.510 e. The molecule has 250 valence electrons. The highest BCUT2D eigenvalue weighted by Gasteiger charge is 2.46. The zero-order chi connectivity index (χ0) is 33.1. The number of aliphatic hydroxyl groups is 1. The number of methoxy groups -OCH3 is 1. The first kappa shape index (κ1) is 36.8. The van der Waals surface area contributed by atoms with Crippen LogP contribution in [0.3, 0.4) is 0 Å². The van der Waals surface area contributed by atoms with Crippen molar-refractivity contribution in [2.24, 2.45) is 5.73 Å². The molecule has 0 fully saturated rings. The van der Waals surface area contributed by atoms with Crippen molar-refractivity contribution < 1.29 is 65.6 Å². The van der Waals surface area contributed by atoms with Crippen LogP contribution in [0.1, 0.15) is 40.9 Å². The zero-order valence-corrected chi connectivity index (χ0v) is 25.9. The summed E-state index contributed by atoms with van der Waals surface area (Å²) in [4.78, 5) is 35.3. The Kier molecular flexibility index (Phi) is 13.9. The van der Waals surface area contributed by atoms with Crippen LogP contribution in [-0.4, -0.2) is 101 Å². The molecule has 44 heavy (non-hydrogen) atoms. The minimum atomic E-state index is -4.82. The van der Waals surface area contributed by atoms with E-state index in [9.17, 15) is 19.3 Å². The number of anilines is 1. The molecule has 0 amide bonds. The standard InChI is InChI=1S/C23H38FN6O13P/c1-7-36-19-15-18(28-20(26)29-19)30(10-27-15)17(24)16(31)23(8-25,35-6)9-39-44(34,40-11-37-21(32)42-13(2)3)41-12-38-22(33)43-14(4)5/h10,13-14,16-17,31H,7-9,11-12,25H2,1-6H3,(H2,26,28,29)/t16-,17-,23?/m0/s1. The van der Waals surface area contributed by atoms with Crippen LogP contribution in [0.15, 0.2) is 6.33 Å². The van der Waals surface area contributed by atoms with E-state index in [0.29, 0.717) is 0 Å². The first-order valence-corrected chi connectivity index (χ1v) is 14.6. The van der Waals surface area contributed by atoms with Crippen molar-refractivity contribution >= 4 is 37.2 Å². The van der Waals surface area contributed by atoms with E-state index in [4.69, 9.17) is 44.0 Å². The quantitative estimate of drug-likeness (QED) is 0.118. The molecule has 0 aliphatic rings. The number of hydrogen-bond donors (Lipinski definition) is 3. The van der Waals surface area contributed by atoms with Crippen LogP contribution in [0.4, 0.5) is 19.9 Å². The first-order valence-electron chi connectivity index (χ1n) is 13.1. The lowest BCUT2D eigenvalue weighted by atomic mass is 9.96. The van der Waals surface area contributed by atoms with Crippen molar-refractivity contribution in [1.29, 1.82) is 0 Å². The molecular formula is C23H38FN6O13P. The number of phosphoric ester groups is 1. The SMILES string of the molecule is CCOc1nc(N)nc2c1ncn2[C@H](F)[C@H](O)C(CN)(COP(=O)(OCOC(=O)OC(C)C)OCOC(=O)OC(C)C)OC. The third kappa shape index (κ3) is 10.1. The number of nitrogen functional groups attached to an aromatic ring is 1. The van der Waals surface area contributed by atoms with Gasteiger partial charge in [-0.15, -0.1) is 0 Å². The molecule has 2 rings (SSSR count). The lowest BCUT2D eigenvalue weighted by Gasteiger charge is -2.37. The van der Waals surface area contributed by atoms with E-state index < -0.39 is 77.1 Å². The number of imidazole rings is 1. The van der Waals surface area contributed by atoms with Gasteiger partial charge in [-0.25, -0.2) is 32.6 Å². The number of halogens is 1. The smallest absolute Gasteiger partial charge is 0.476 e. The second-order valence-corrected chi connectivity index (χ2v) is 10.9. The monoisotopic (exact) mass is 656 g/mol. The Balaban J connectivity index is 2.27. The highest BCUT2D eigenvalue weighted by atomic mass is 31.2. The van der Waals surface area contributed by atoms with Gasteiger partial charge < -0.3 is 45.0 Å². The second-order valence-electron chi connectivity index (χ2n) is 9.27. The third-order valence-electron chi connectivity index (χ3n) is 5.41. The van der Waals surface area contributed by atoms with E-state index in [1.54, 1.807) is 34.6 Å². The van der Waals surface area contributed by atoms with Crippen molar-refractivity contribution in [2.45, 2.75) is 64.8 Å². The van der Waals surface area contributed by atoms with Crippen molar-refractivity contribution in [3.8, 4) is 5.88 Å². The molecule has 2 aromatic heterocycles. The van der Waals surface area contributed by atoms with E-state index in [0.717, 1.165) is 18.0 Å². The summed E-state index contributed by atoms with van der Waals surface area (Å²) in [6.45, 7) is 4.55. The van der Waals surface area contributed by atoms with Gasteiger partial charge in [0.05, 0.1) is 31.7 Å². The van der Waals surface area contributed by atoms with Crippen molar-refractivity contribution in [1.82, 2.24) is 19.5 Å². The zero-order valence-electron chi connectivity index (χ0n) is 25.0. The molecule has 5 N–H and O–H groups in total. The van der Waals surface area contributed by atoms with Crippen LogP contribution in [0, 0.1) is 0 Å². The number of aliphatic hydroxyl groups excluding tert-OH is 1. The van der Waals surface area contributed by atoms with Crippen LogP contribution in [0.5, 0.6) is 5.88 Å². The van der Waals surface area contributed by atoms with Crippen LogP contribution in [0.25, 0.3) is 11.2 Å². The summed E-state index contributed by atoms with van der Waals surface area (Å²) < 4.78 is 74.9. The van der Waals surface area contributed by atoms with Gasteiger partial charge in [-0.1, -0.05) is 0 Å². The van der Waals surface area contributed by atoms with Gasteiger partial charge >= 0.3 is 20.1 Å². The summed E-state index contributed by atoms with van der Waals surface area (Å²) in [7, 11) is -3.74. The summed E-state index contributed by atoms with van der Waals surface area (Å²) >= 11 is 0. The number of aromatic nitrogens is 4. The number of hydrogen-bond acceptors (Lipinski definition) is 18. The average Bonchev–Trinajstić information content (AvgIpc) is 3.36. The summed E-state index contributed by atoms with van der Waals surface area (Å²) in [5.41, 5.74) is 9.39. The van der Waals surface area contributed by atoms with E-state index in [1.807, 2.05) is 0 Å². The predicted molar refractivity (Wildman–Crippen MR) is 147 cm³/mol. The summed E-state index contributed by atoms with van der Waals surface area (Å²) in [6, 6.07) is 0. The maximum atomic E-state index is 15.9. The number of carbonyl (C=O) groups excluding carboxylic acids is 2. The molecule has 2 aromatic rings. The average molecular weight is 657 g/mol. The van der Waals surface area contributed by atoms with Crippen molar-refractivity contribution in [3.63, 3.8) is 0 Å². The highest BCUT2D eigenvalue weighted by Crippen LogP contribution is 2.50. The summed E-state index contributed by atoms with van der Waals surface area (Å²) in [6.07, 6.45) is -6.88. The fraction of sp³-hybridized carbons (Fsp3) is 0.696. The third-order valence-corrected chi connectivity index (χ3v) is 6.70. The minimum absolute atomic E-state index is 0.00942. The Labute approximate surface area is 251 Å². The normalized spacial score (nSPS) is 14.7. The molecule has 0 aromatic carbocycles. The van der Waals surface area contributed by atoms with E-state index >= 15 is 4.39 Å². The lowest BCUT2D eigenvalue weighted by Crippen LogP contribution is -2.56. The Morgan fingerprint density at radius 3 is 2.11 bits per heavy atom. The number of nitrogens with two attached hydrogens (primary N) is 2. The number of ether oxygens (including phenoxy) is 6. The van der Waals surface area contributed by atoms with Crippen LogP contribution < -0.4 is 16.2 Å². The molecule has 0 saturated heterocycles. The molecule has 0 spiro atoms. The van der Waals surface area contributed by atoms with E-state index in [-0.39, 0.29) is 29.6 Å². The number of carbonyl (C=O) groups is 2. The molecular weight excluding hydrogens is 618 g/mol. The fourth-order valence-electron chi connectivity index (χ4n) is 3.29. The number of rotatable bonds is 18. The highest BCUT2D eigenvalue weighted by molar-refractivity contribution is 7.48. The molecule has 0 bridgehead atoms. The van der Waals surface area contributed by atoms with Crippen LogP contribution >= 0.6 is 7.82 Å². The van der Waals surface area contributed by atoms with Gasteiger partial charge in [0.25, 0.3) is 0 Å². The van der Waals surface area contributed by atoms with Gasteiger partial charge in [-0.3, -0.25) is 9.09 Å². The number of alkyl halides is 1. The Hall–Kier alpha value is -3.39. The molecule has 0 saturated carbocycles.